The highest BCUT2D eigenvalue weighted by atomic mass is 16.4. The van der Waals surface area contributed by atoms with Crippen molar-refractivity contribution in [3.63, 3.8) is 0 Å². The summed E-state index contributed by atoms with van der Waals surface area (Å²) in [6, 6.07) is 0. The molecular formula is C13H24N2O4. The van der Waals surface area contributed by atoms with E-state index in [0.29, 0.717) is 18.9 Å². The Morgan fingerprint density at radius 2 is 1.79 bits per heavy atom. The first-order valence-electron chi connectivity index (χ1n) is 6.68. The lowest BCUT2D eigenvalue weighted by atomic mass is 9.94. The van der Waals surface area contributed by atoms with E-state index in [1.54, 1.807) is 0 Å². The van der Waals surface area contributed by atoms with Gasteiger partial charge in [-0.1, -0.05) is 19.8 Å². The summed E-state index contributed by atoms with van der Waals surface area (Å²) in [5, 5.41) is 13.8. The van der Waals surface area contributed by atoms with Gasteiger partial charge in [-0.25, -0.2) is 0 Å². The Labute approximate surface area is 113 Å². The van der Waals surface area contributed by atoms with Crippen molar-refractivity contribution in [2.75, 3.05) is 13.1 Å². The van der Waals surface area contributed by atoms with Gasteiger partial charge in [0.05, 0.1) is 6.54 Å². The van der Waals surface area contributed by atoms with Gasteiger partial charge in [0, 0.05) is 19.9 Å². The van der Waals surface area contributed by atoms with E-state index < -0.39 is 5.97 Å². The van der Waals surface area contributed by atoms with Gasteiger partial charge < -0.3 is 15.7 Å². The lowest BCUT2D eigenvalue weighted by molar-refractivity contribution is -0.137. The summed E-state index contributed by atoms with van der Waals surface area (Å²) in [6.45, 7) is 3.92. The van der Waals surface area contributed by atoms with Gasteiger partial charge in [0.25, 0.3) is 0 Å². The summed E-state index contributed by atoms with van der Waals surface area (Å²) in [7, 11) is 0. The molecule has 0 aliphatic carbocycles. The summed E-state index contributed by atoms with van der Waals surface area (Å²) < 4.78 is 0. The maximum atomic E-state index is 11.3. The van der Waals surface area contributed by atoms with E-state index in [1.165, 1.54) is 6.92 Å². The molecule has 0 aromatic carbocycles. The number of nitrogens with one attached hydrogen (secondary N) is 2. The molecule has 0 saturated heterocycles. The number of aliphatic carboxylic acids is 1. The largest absolute Gasteiger partial charge is 0.481 e. The molecule has 110 valence electrons. The molecular weight excluding hydrogens is 248 g/mol. The molecule has 0 heterocycles. The molecule has 6 nitrogen and oxygen atoms in total. The standard InChI is InChI=1S/C13H24N2O4/c1-3-4-11(5-6-13(18)19)7-8-14-12(17)9-15-10(2)16/h11H,3-9H2,1-2H3,(H,14,17)(H,15,16)(H,18,19). The van der Waals surface area contributed by atoms with Gasteiger partial charge in [-0.2, -0.15) is 0 Å². The SMILES string of the molecule is CCCC(CCNC(=O)CNC(C)=O)CCC(=O)O. The highest BCUT2D eigenvalue weighted by Crippen LogP contribution is 2.16. The van der Waals surface area contributed by atoms with Crippen LogP contribution in [-0.4, -0.2) is 36.0 Å². The Balaban J connectivity index is 3.81. The van der Waals surface area contributed by atoms with Crippen molar-refractivity contribution in [1.29, 1.82) is 0 Å². The molecule has 0 rings (SSSR count). The Morgan fingerprint density at radius 1 is 1.11 bits per heavy atom. The van der Waals surface area contributed by atoms with Crippen molar-refractivity contribution in [3.05, 3.63) is 0 Å². The molecule has 1 unspecified atom stereocenters. The predicted octanol–water partition coefficient (Wildman–Crippen LogP) is 0.910. The number of carbonyl (C=O) groups excluding carboxylic acids is 2. The first kappa shape index (κ1) is 17.4. The van der Waals surface area contributed by atoms with Crippen molar-refractivity contribution in [2.45, 2.75) is 46.0 Å². The fraction of sp³-hybridized carbons (Fsp3) is 0.769. The molecule has 6 heteroatoms. The zero-order valence-electron chi connectivity index (χ0n) is 11.7. The molecule has 0 aliphatic heterocycles. The van der Waals surface area contributed by atoms with Crippen LogP contribution in [0.3, 0.4) is 0 Å². The predicted molar refractivity (Wildman–Crippen MR) is 71.6 cm³/mol. The first-order valence-corrected chi connectivity index (χ1v) is 6.68. The molecule has 0 aliphatic rings. The van der Waals surface area contributed by atoms with E-state index >= 15 is 0 Å². The van der Waals surface area contributed by atoms with Crippen molar-refractivity contribution in [1.82, 2.24) is 10.6 Å². The van der Waals surface area contributed by atoms with E-state index in [2.05, 4.69) is 17.6 Å². The molecule has 3 N–H and O–H groups in total. The Hall–Kier alpha value is -1.59. The molecule has 1 atom stereocenters. The second kappa shape index (κ2) is 10.3. The lowest BCUT2D eigenvalue weighted by Crippen LogP contribution is -2.36. The van der Waals surface area contributed by atoms with Crippen molar-refractivity contribution in [3.8, 4) is 0 Å². The van der Waals surface area contributed by atoms with E-state index in [1.807, 2.05) is 0 Å². The first-order chi connectivity index (χ1) is 8.95. The number of rotatable bonds is 10. The van der Waals surface area contributed by atoms with Gasteiger partial charge in [0.1, 0.15) is 0 Å². The number of carboxylic acids is 1. The fourth-order valence-electron chi connectivity index (χ4n) is 1.85. The van der Waals surface area contributed by atoms with Crippen molar-refractivity contribution >= 4 is 17.8 Å². The van der Waals surface area contributed by atoms with E-state index in [9.17, 15) is 14.4 Å². The van der Waals surface area contributed by atoms with Gasteiger partial charge in [0.2, 0.25) is 11.8 Å². The topological polar surface area (TPSA) is 95.5 Å². The zero-order chi connectivity index (χ0) is 14.7. The molecule has 0 radical (unpaired) electrons. The second-order valence-corrected chi connectivity index (χ2v) is 4.64. The quantitative estimate of drug-likeness (QED) is 0.551. The average Bonchev–Trinajstić information content (AvgIpc) is 2.33. The minimum Gasteiger partial charge on any atom is -0.481 e. The number of carbonyl (C=O) groups is 3. The van der Waals surface area contributed by atoms with Gasteiger partial charge >= 0.3 is 5.97 Å². The third-order valence-electron chi connectivity index (χ3n) is 2.84. The fourth-order valence-corrected chi connectivity index (χ4v) is 1.85. The van der Waals surface area contributed by atoms with Crippen molar-refractivity contribution < 1.29 is 19.5 Å². The van der Waals surface area contributed by atoms with E-state index in [-0.39, 0.29) is 24.8 Å². The number of hydrogen-bond acceptors (Lipinski definition) is 3. The van der Waals surface area contributed by atoms with E-state index in [0.717, 1.165) is 19.3 Å². The smallest absolute Gasteiger partial charge is 0.303 e. The van der Waals surface area contributed by atoms with Gasteiger partial charge in [0.15, 0.2) is 0 Å². The minimum atomic E-state index is -0.782. The molecule has 0 aromatic heterocycles. The van der Waals surface area contributed by atoms with Gasteiger partial charge in [-0.05, 0) is 18.8 Å². The van der Waals surface area contributed by atoms with Crippen LogP contribution in [0.15, 0.2) is 0 Å². The van der Waals surface area contributed by atoms with Crippen LogP contribution < -0.4 is 10.6 Å². The average molecular weight is 272 g/mol. The Morgan fingerprint density at radius 3 is 2.32 bits per heavy atom. The molecule has 0 bridgehead atoms. The monoisotopic (exact) mass is 272 g/mol. The van der Waals surface area contributed by atoms with Crippen molar-refractivity contribution in [2.24, 2.45) is 5.92 Å². The molecule has 0 spiro atoms. The molecule has 2 amide bonds. The zero-order valence-corrected chi connectivity index (χ0v) is 11.7. The van der Waals surface area contributed by atoms with Crippen LogP contribution in [0.4, 0.5) is 0 Å². The molecule has 0 aromatic rings. The minimum absolute atomic E-state index is 0.0110. The highest BCUT2D eigenvalue weighted by Gasteiger charge is 2.10. The van der Waals surface area contributed by atoms with Crippen LogP contribution in [0.25, 0.3) is 0 Å². The third kappa shape index (κ3) is 11.2. The normalized spacial score (nSPS) is 11.7. The molecule has 19 heavy (non-hydrogen) atoms. The summed E-state index contributed by atoms with van der Waals surface area (Å²) in [5.74, 6) is -0.915. The Bertz CT molecular complexity index is 305. The Kier molecular flexibility index (Phi) is 9.48. The van der Waals surface area contributed by atoms with Gasteiger partial charge in [-0.15, -0.1) is 0 Å². The van der Waals surface area contributed by atoms with Crippen LogP contribution in [0.5, 0.6) is 0 Å². The number of amides is 2. The third-order valence-corrected chi connectivity index (χ3v) is 2.84. The maximum Gasteiger partial charge on any atom is 0.303 e. The molecule has 0 saturated carbocycles. The summed E-state index contributed by atoms with van der Waals surface area (Å²) in [4.78, 5) is 32.5. The summed E-state index contributed by atoms with van der Waals surface area (Å²) in [6.07, 6.45) is 3.56. The van der Waals surface area contributed by atoms with Crippen LogP contribution in [0.2, 0.25) is 0 Å². The summed E-state index contributed by atoms with van der Waals surface area (Å²) >= 11 is 0. The highest BCUT2D eigenvalue weighted by molar-refractivity contribution is 5.83. The van der Waals surface area contributed by atoms with Crippen LogP contribution in [0.1, 0.15) is 46.0 Å². The van der Waals surface area contributed by atoms with Crippen LogP contribution in [0, 0.1) is 5.92 Å². The maximum absolute atomic E-state index is 11.3. The van der Waals surface area contributed by atoms with Crippen LogP contribution in [-0.2, 0) is 14.4 Å². The second-order valence-electron chi connectivity index (χ2n) is 4.64. The summed E-state index contributed by atoms with van der Waals surface area (Å²) in [5.41, 5.74) is 0. The van der Waals surface area contributed by atoms with Crippen LogP contribution >= 0.6 is 0 Å². The van der Waals surface area contributed by atoms with E-state index in [4.69, 9.17) is 5.11 Å². The molecule has 0 fully saturated rings. The van der Waals surface area contributed by atoms with Gasteiger partial charge in [-0.3, -0.25) is 14.4 Å². The number of hydrogen-bond donors (Lipinski definition) is 3. The number of carboxylic acid groups (broad SMARTS) is 1. The lowest BCUT2D eigenvalue weighted by Gasteiger charge is -2.15.